The zero-order chi connectivity index (χ0) is 15.6. The molecule has 0 spiro atoms. The molecule has 0 radical (unpaired) electrons. The summed E-state index contributed by atoms with van der Waals surface area (Å²) in [5.74, 6) is 0.777. The van der Waals surface area contributed by atoms with Crippen LogP contribution in [0.1, 0.15) is 49.1 Å². The highest BCUT2D eigenvalue weighted by atomic mass is 32.1. The van der Waals surface area contributed by atoms with Gasteiger partial charge in [-0.1, -0.05) is 12.1 Å². The van der Waals surface area contributed by atoms with Crippen molar-refractivity contribution in [2.24, 2.45) is 0 Å². The van der Waals surface area contributed by atoms with Crippen LogP contribution in [-0.4, -0.2) is 16.7 Å². The summed E-state index contributed by atoms with van der Waals surface area (Å²) in [6.45, 7) is 4.82. The molecular formula is C17H21NO3S. The number of nitrogens with zero attached hydrogens (tertiary/aromatic N) is 1. The fourth-order valence-electron chi connectivity index (χ4n) is 2.43. The van der Waals surface area contributed by atoms with Crippen molar-refractivity contribution in [1.82, 2.24) is 4.98 Å². The molecule has 1 fully saturated rings. The Morgan fingerprint density at radius 2 is 2.14 bits per heavy atom. The number of hydrogen-bond acceptors (Lipinski definition) is 5. The van der Waals surface area contributed by atoms with E-state index in [9.17, 15) is 5.11 Å². The molecule has 1 aromatic carbocycles. The summed E-state index contributed by atoms with van der Waals surface area (Å²) in [7, 11) is 0. The van der Waals surface area contributed by atoms with Gasteiger partial charge in [-0.15, -0.1) is 11.3 Å². The maximum atomic E-state index is 9.93. The summed E-state index contributed by atoms with van der Waals surface area (Å²) >= 11 is 1.64. The molecule has 1 aliphatic heterocycles. The van der Waals surface area contributed by atoms with E-state index in [1.807, 2.05) is 29.6 Å². The van der Waals surface area contributed by atoms with E-state index < -0.39 is 5.60 Å². The normalized spacial score (nSPS) is 18.6. The third-order valence-electron chi connectivity index (χ3n) is 3.72. The topological polar surface area (TPSA) is 51.6 Å². The van der Waals surface area contributed by atoms with Gasteiger partial charge in [0.1, 0.15) is 23.5 Å². The van der Waals surface area contributed by atoms with Crippen LogP contribution < -0.4 is 4.74 Å². The lowest BCUT2D eigenvalue weighted by atomic mass is 9.99. The second kappa shape index (κ2) is 6.36. The molecule has 1 unspecified atom stereocenters. The monoisotopic (exact) mass is 319 g/mol. The Morgan fingerprint density at radius 1 is 1.36 bits per heavy atom. The minimum atomic E-state index is -0.830. The summed E-state index contributed by atoms with van der Waals surface area (Å²) in [6.07, 6.45) is 2.35. The van der Waals surface area contributed by atoms with E-state index in [0.717, 1.165) is 41.5 Å². The zero-order valence-electron chi connectivity index (χ0n) is 12.9. The number of rotatable bonds is 5. The molecule has 1 saturated heterocycles. The number of thiazole rings is 1. The van der Waals surface area contributed by atoms with Crippen molar-refractivity contribution in [2.45, 2.75) is 45.0 Å². The molecule has 2 heterocycles. The predicted octanol–water partition coefficient (Wildman–Crippen LogP) is 3.80. The first-order valence-electron chi connectivity index (χ1n) is 7.54. The minimum Gasteiger partial charge on any atom is -0.487 e. The molecule has 1 N–H and O–H groups in total. The van der Waals surface area contributed by atoms with Crippen molar-refractivity contribution in [3.05, 3.63) is 45.9 Å². The molecule has 4 nitrogen and oxygen atoms in total. The fraction of sp³-hybridized carbons (Fsp3) is 0.471. The Bertz CT molecular complexity index is 610. The highest BCUT2D eigenvalue weighted by Gasteiger charge is 2.21. The Hall–Kier alpha value is -1.43. The van der Waals surface area contributed by atoms with Crippen LogP contribution in [0.4, 0.5) is 0 Å². The van der Waals surface area contributed by atoms with E-state index in [0.29, 0.717) is 6.61 Å². The van der Waals surface area contributed by atoms with Crippen LogP contribution in [0.5, 0.6) is 5.75 Å². The molecule has 118 valence electrons. The molecule has 0 aliphatic carbocycles. The lowest BCUT2D eigenvalue weighted by molar-refractivity contribution is 0.0785. The van der Waals surface area contributed by atoms with Crippen LogP contribution >= 0.6 is 11.3 Å². The first kappa shape index (κ1) is 15.5. The molecule has 2 aromatic rings. The average molecular weight is 319 g/mol. The number of aliphatic hydroxyl groups is 1. The van der Waals surface area contributed by atoms with Crippen molar-refractivity contribution in [2.75, 3.05) is 6.61 Å². The van der Waals surface area contributed by atoms with Gasteiger partial charge in [-0.2, -0.15) is 0 Å². The smallest absolute Gasteiger partial charge is 0.131 e. The highest BCUT2D eigenvalue weighted by Crippen LogP contribution is 2.31. The molecule has 0 saturated carbocycles. The summed E-state index contributed by atoms with van der Waals surface area (Å²) in [5.41, 5.74) is 0.972. The van der Waals surface area contributed by atoms with E-state index >= 15 is 0 Å². The lowest BCUT2D eigenvalue weighted by Gasteiger charge is -2.17. The zero-order valence-corrected chi connectivity index (χ0v) is 13.7. The van der Waals surface area contributed by atoms with Crippen molar-refractivity contribution in [3.63, 3.8) is 0 Å². The van der Waals surface area contributed by atoms with Crippen LogP contribution in [0.2, 0.25) is 0 Å². The summed E-state index contributed by atoms with van der Waals surface area (Å²) < 4.78 is 11.4. The maximum absolute atomic E-state index is 9.93. The fourth-order valence-corrected chi connectivity index (χ4v) is 3.31. The van der Waals surface area contributed by atoms with E-state index in [2.05, 4.69) is 4.98 Å². The van der Waals surface area contributed by atoms with Crippen LogP contribution in [0.25, 0.3) is 0 Å². The van der Waals surface area contributed by atoms with Crippen LogP contribution in [0, 0.1) is 0 Å². The standard InChI is InChI=1S/C17H21NO3S/c1-17(2,19)12-5-7-14(8-6-12)21-10-13-11-22-16(18-13)15-4-3-9-20-15/h5-8,11,15,19H,3-4,9-10H2,1-2H3. The largest absolute Gasteiger partial charge is 0.487 e. The predicted molar refractivity (Wildman–Crippen MR) is 86.1 cm³/mol. The lowest BCUT2D eigenvalue weighted by Crippen LogP contribution is -2.14. The van der Waals surface area contributed by atoms with Gasteiger partial charge >= 0.3 is 0 Å². The number of benzene rings is 1. The molecule has 1 aliphatic rings. The summed E-state index contributed by atoms with van der Waals surface area (Å²) in [5, 5.41) is 13.0. The molecule has 1 aromatic heterocycles. The second-order valence-electron chi connectivity index (χ2n) is 6.05. The second-order valence-corrected chi connectivity index (χ2v) is 6.94. The van der Waals surface area contributed by atoms with Crippen molar-refractivity contribution in [1.29, 1.82) is 0 Å². The van der Waals surface area contributed by atoms with Crippen molar-refractivity contribution < 1.29 is 14.6 Å². The van der Waals surface area contributed by atoms with Crippen molar-refractivity contribution >= 4 is 11.3 Å². The van der Waals surface area contributed by atoms with Crippen LogP contribution in [0.15, 0.2) is 29.6 Å². The van der Waals surface area contributed by atoms with Gasteiger partial charge in [-0.25, -0.2) is 4.98 Å². The van der Waals surface area contributed by atoms with Gasteiger partial charge in [0.15, 0.2) is 0 Å². The highest BCUT2D eigenvalue weighted by molar-refractivity contribution is 7.09. The first-order valence-corrected chi connectivity index (χ1v) is 8.42. The Balaban J connectivity index is 1.58. The van der Waals surface area contributed by atoms with Gasteiger partial charge < -0.3 is 14.6 Å². The van der Waals surface area contributed by atoms with Crippen LogP contribution in [-0.2, 0) is 16.9 Å². The van der Waals surface area contributed by atoms with E-state index in [1.165, 1.54) is 0 Å². The molecule has 22 heavy (non-hydrogen) atoms. The molecule has 1 atom stereocenters. The third-order valence-corrected chi connectivity index (χ3v) is 4.71. The van der Waals surface area contributed by atoms with E-state index in [1.54, 1.807) is 25.2 Å². The third kappa shape index (κ3) is 3.66. The quantitative estimate of drug-likeness (QED) is 0.910. The maximum Gasteiger partial charge on any atom is 0.131 e. The van der Waals surface area contributed by atoms with Gasteiger partial charge in [-0.05, 0) is 44.4 Å². The van der Waals surface area contributed by atoms with Gasteiger partial charge in [0.05, 0.1) is 11.3 Å². The first-order chi connectivity index (χ1) is 10.5. The Morgan fingerprint density at radius 3 is 2.77 bits per heavy atom. The van der Waals surface area contributed by atoms with E-state index in [-0.39, 0.29) is 6.10 Å². The average Bonchev–Trinajstić information content (AvgIpc) is 3.15. The molecule has 0 bridgehead atoms. The molecule has 5 heteroatoms. The number of ether oxygens (including phenoxy) is 2. The van der Waals surface area contributed by atoms with Crippen LogP contribution in [0.3, 0.4) is 0 Å². The summed E-state index contributed by atoms with van der Waals surface area (Å²) in [6, 6.07) is 7.52. The van der Waals surface area contributed by atoms with E-state index in [4.69, 9.17) is 9.47 Å². The van der Waals surface area contributed by atoms with Gasteiger partial charge in [0, 0.05) is 12.0 Å². The molecular weight excluding hydrogens is 298 g/mol. The SMILES string of the molecule is CC(C)(O)c1ccc(OCc2csc(C3CCCO3)n2)cc1. The Kier molecular flexibility index (Phi) is 4.47. The molecule has 0 amide bonds. The minimum absolute atomic E-state index is 0.171. The Labute approximate surface area is 134 Å². The van der Waals surface area contributed by atoms with Crippen molar-refractivity contribution in [3.8, 4) is 5.75 Å². The van der Waals surface area contributed by atoms with Gasteiger partial charge in [0.2, 0.25) is 0 Å². The molecule has 3 rings (SSSR count). The number of hydrogen-bond donors (Lipinski definition) is 1. The van der Waals surface area contributed by atoms with Gasteiger partial charge in [0.25, 0.3) is 0 Å². The number of aromatic nitrogens is 1. The van der Waals surface area contributed by atoms with Gasteiger partial charge in [-0.3, -0.25) is 0 Å². The summed E-state index contributed by atoms with van der Waals surface area (Å²) in [4.78, 5) is 4.59.